The summed E-state index contributed by atoms with van der Waals surface area (Å²) in [5, 5.41) is 0. The second kappa shape index (κ2) is 6.02. The Morgan fingerprint density at radius 3 is 2.78 bits per heavy atom. The first-order valence-electron chi connectivity index (χ1n) is 6.76. The van der Waals surface area contributed by atoms with Crippen molar-refractivity contribution in [3.05, 3.63) is 22.3 Å². The van der Waals surface area contributed by atoms with E-state index in [2.05, 4.69) is 57.6 Å². The van der Waals surface area contributed by atoms with Crippen LogP contribution in [0.25, 0.3) is 0 Å². The quantitative estimate of drug-likeness (QED) is 0.852. The summed E-state index contributed by atoms with van der Waals surface area (Å²) in [5.41, 5.74) is 1.20. The summed E-state index contributed by atoms with van der Waals surface area (Å²) < 4.78 is 1.11. The van der Waals surface area contributed by atoms with Crippen LogP contribution >= 0.6 is 15.9 Å². The molecule has 1 unspecified atom stereocenters. The summed E-state index contributed by atoms with van der Waals surface area (Å²) in [6.07, 6.45) is 3.19. The van der Waals surface area contributed by atoms with Gasteiger partial charge in [0, 0.05) is 25.3 Å². The number of hydrogen-bond acceptors (Lipinski definition) is 3. The van der Waals surface area contributed by atoms with Crippen LogP contribution < -0.4 is 4.90 Å². The monoisotopic (exact) mass is 311 g/mol. The van der Waals surface area contributed by atoms with Gasteiger partial charge in [0.05, 0.1) is 4.47 Å². The van der Waals surface area contributed by atoms with Crippen LogP contribution in [0.15, 0.2) is 16.7 Å². The van der Waals surface area contributed by atoms with E-state index in [-0.39, 0.29) is 0 Å². The lowest BCUT2D eigenvalue weighted by Gasteiger charge is -2.26. The van der Waals surface area contributed by atoms with Crippen LogP contribution in [0.3, 0.4) is 0 Å². The van der Waals surface area contributed by atoms with Gasteiger partial charge >= 0.3 is 0 Å². The third-order valence-corrected chi connectivity index (χ3v) is 4.33. The lowest BCUT2D eigenvalue weighted by Crippen LogP contribution is -2.37. The molecule has 2 rings (SSSR count). The maximum absolute atomic E-state index is 4.57. The van der Waals surface area contributed by atoms with Crippen molar-refractivity contribution >= 4 is 21.7 Å². The number of likely N-dealkylation sites (N-methyl/N-ethyl adjacent to an activating group) is 1. The summed E-state index contributed by atoms with van der Waals surface area (Å²) in [6, 6.07) is 2.82. The molecule has 1 aliphatic rings. The summed E-state index contributed by atoms with van der Waals surface area (Å²) in [6.45, 7) is 11.0. The maximum Gasteiger partial charge on any atom is 0.142 e. The molecule has 0 radical (unpaired) electrons. The number of pyridine rings is 1. The van der Waals surface area contributed by atoms with Crippen molar-refractivity contribution in [3.63, 3.8) is 0 Å². The Labute approximate surface area is 118 Å². The topological polar surface area (TPSA) is 19.4 Å². The Balaban J connectivity index is 2.08. The molecule has 0 N–H and O–H groups in total. The molecular formula is C14H22BrN3. The van der Waals surface area contributed by atoms with Crippen molar-refractivity contribution in [2.24, 2.45) is 0 Å². The lowest BCUT2D eigenvalue weighted by atomic mass is 10.2. The summed E-state index contributed by atoms with van der Waals surface area (Å²) in [4.78, 5) is 9.50. The van der Waals surface area contributed by atoms with E-state index in [1.165, 1.54) is 12.0 Å². The Kier molecular flexibility index (Phi) is 4.62. The Hall–Kier alpha value is -0.610. The van der Waals surface area contributed by atoms with Gasteiger partial charge in [-0.25, -0.2) is 4.98 Å². The van der Waals surface area contributed by atoms with Crippen molar-refractivity contribution < 1.29 is 0 Å². The van der Waals surface area contributed by atoms with Crippen LogP contribution in [-0.2, 0) is 0 Å². The first-order valence-corrected chi connectivity index (χ1v) is 7.56. The van der Waals surface area contributed by atoms with Gasteiger partial charge in [-0.1, -0.05) is 13.8 Å². The minimum atomic E-state index is 0.676. The minimum Gasteiger partial charge on any atom is -0.354 e. The van der Waals surface area contributed by atoms with Crippen molar-refractivity contribution in [2.45, 2.75) is 33.2 Å². The van der Waals surface area contributed by atoms with E-state index in [1.54, 1.807) is 0 Å². The SMILES string of the molecule is CCN(CC)C1CCN(c2ncc(C)cc2Br)C1. The number of aromatic nitrogens is 1. The fourth-order valence-corrected chi connectivity index (χ4v) is 3.45. The van der Waals surface area contributed by atoms with Gasteiger partial charge < -0.3 is 4.90 Å². The summed E-state index contributed by atoms with van der Waals surface area (Å²) >= 11 is 3.63. The molecule has 0 saturated carbocycles. The average Bonchev–Trinajstić information content (AvgIpc) is 2.80. The van der Waals surface area contributed by atoms with Crippen LogP contribution in [0.5, 0.6) is 0 Å². The van der Waals surface area contributed by atoms with Gasteiger partial charge in [0.25, 0.3) is 0 Å². The number of halogens is 1. The predicted molar refractivity (Wildman–Crippen MR) is 80.2 cm³/mol. The molecule has 0 aromatic carbocycles. The zero-order valence-electron chi connectivity index (χ0n) is 11.5. The third kappa shape index (κ3) is 2.86. The highest BCUT2D eigenvalue weighted by Crippen LogP contribution is 2.28. The minimum absolute atomic E-state index is 0.676. The van der Waals surface area contributed by atoms with E-state index in [4.69, 9.17) is 0 Å². The molecular weight excluding hydrogens is 290 g/mol. The van der Waals surface area contributed by atoms with E-state index in [9.17, 15) is 0 Å². The van der Waals surface area contributed by atoms with Crippen molar-refractivity contribution in [1.29, 1.82) is 0 Å². The van der Waals surface area contributed by atoms with Gasteiger partial charge in [-0.3, -0.25) is 4.90 Å². The molecule has 4 heteroatoms. The molecule has 0 aliphatic carbocycles. The molecule has 18 heavy (non-hydrogen) atoms. The second-order valence-corrected chi connectivity index (χ2v) is 5.78. The first kappa shape index (κ1) is 13.8. The van der Waals surface area contributed by atoms with Gasteiger partial charge in [0.15, 0.2) is 0 Å². The van der Waals surface area contributed by atoms with E-state index in [1.807, 2.05) is 6.20 Å². The fourth-order valence-electron chi connectivity index (χ4n) is 2.73. The van der Waals surface area contributed by atoms with E-state index < -0.39 is 0 Å². The molecule has 0 amide bonds. The largest absolute Gasteiger partial charge is 0.354 e. The zero-order chi connectivity index (χ0) is 13.1. The highest BCUT2D eigenvalue weighted by Gasteiger charge is 2.27. The molecule has 1 fully saturated rings. The molecule has 2 heterocycles. The van der Waals surface area contributed by atoms with Gasteiger partial charge in [0.2, 0.25) is 0 Å². The van der Waals surface area contributed by atoms with Crippen LogP contribution in [-0.4, -0.2) is 42.1 Å². The standard InChI is InChI=1S/C14H22BrN3/c1-4-17(5-2)12-6-7-18(10-12)14-13(15)8-11(3)9-16-14/h8-9,12H,4-7,10H2,1-3H3. The second-order valence-electron chi connectivity index (χ2n) is 4.93. The van der Waals surface area contributed by atoms with Gasteiger partial charge in [-0.15, -0.1) is 0 Å². The smallest absolute Gasteiger partial charge is 0.142 e. The number of anilines is 1. The molecule has 1 aliphatic heterocycles. The fraction of sp³-hybridized carbons (Fsp3) is 0.643. The van der Waals surface area contributed by atoms with E-state index >= 15 is 0 Å². The molecule has 0 spiro atoms. The molecule has 3 nitrogen and oxygen atoms in total. The van der Waals surface area contributed by atoms with Crippen molar-refractivity contribution in [1.82, 2.24) is 9.88 Å². The highest BCUT2D eigenvalue weighted by molar-refractivity contribution is 9.10. The molecule has 0 bridgehead atoms. The third-order valence-electron chi connectivity index (χ3n) is 3.75. The van der Waals surface area contributed by atoms with Crippen LogP contribution in [0, 0.1) is 6.92 Å². The predicted octanol–water partition coefficient (Wildman–Crippen LogP) is 3.07. The molecule has 1 aromatic heterocycles. The van der Waals surface area contributed by atoms with E-state index in [0.29, 0.717) is 6.04 Å². The highest BCUT2D eigenvalue weighted by atomic mass is 79.9. The molecule has 100 valence electrons. The van der Waals surface area contributed by atoms with Crippen LogP contribution in [0.2, 0.25) is 0 Å². The normalized spacial score (nSPS) is 19.8. The Morgan fingerprint density at radius 1 is 1.44 bits per heavy atom. The lowest BCUT2D eigenvalue weighted by molar-refractivity contribution is 0.232. The maximum atomic E-state index is 4.57. The summed E-state index contributed by atoms with van der Waals surface area (Å²) in [7, 11) is 0. The number of nitrogens with zero attached hydrogens (tertiary/aromatic N) is 3. The average molecular weight is 312 g/mol. The van der Waals surface area contributed by atoms with Crippen molar-refractivity contribution in [3.8, 4) is 0 Å². The number of aryl methyl sites for hydroxylation is 1. The van der Waals surface area contributed by atoms with Gasteiger partial charge in [-0.2, -0.15) is 0 Å². The van der Waals surface area contributed by atoms with Crippen LogP contribution in [0.4, 0.5) is 5.82 Å². The van der Waals surface area contributed by atoms with Crippen LogP contribution in [0.1, 0.15) is 25.8 Å². The zero-order valence-corrected chi connectivity index (χ0v) is 13.1. The van der Waals surface area contributed by atoms with Crippen molar-refractivity contribution in [2.75, 3.05) is 31.1 Å². The first-order chi connectivity index (χ1) is 8.65. The Bertz CT molecular complexity index is 404. The number of hydrogen-bond donors (Lipinski definition) is 0. The van der Waals surface area contributed by atoms with Gasteiger partial charge in [-0.05, 0) is 54.0 Å². The Morgan fingerprint density at radius 2 is 2.17 bits per heavy atom. The summed E-state index contributed by atoms with van der Waals surface area (Å²) in [5.74, 6) is 1.09. The van der Waals surface area contributed by atoms with Gasteiger partial charge in [0.1, 0.15) is 5.82 Å². The number of rotatable bonds is 4. The van der Waals surface area contributed by atoms with E-state index in [0.717, 1.165) is 36.5 Å². The molecule has 1 saturated heterocycles. The molecule has 1 atom stereocenters. The molecule has 1 aromatic rings.